The number of carbonyl (C=O) groups is 1. The topological polar surface area (TPSA) is 101 Å². The van der Waals surface area contributed by atoms with Crippen molar-refractivity contribution in [1.82, 2.24) is 14.9 Å². The molecule has 0 saturated heterocycles. The van der Waals surface area contributed by atoms with E-state index >= 15 is 0 Å². The number of amides is 1. The fourth-order valence-electron chi connectivity index (χ4n) is 5.40. The van der Waals surface area contributed by atoms with Crippen LogP contribution in [-0.2, 0) is 22.8 Å². The van der Waals surface area contributed by atoms with Gasteiger partial charge in [-0.15, -0.1) is 0 Å². The van der Waals surface area contributed by atoms with E-state index in [1.807, 2.05) is 19.1 Å². The van der Waals surface area contributed by atoms with Crippen LogP contribution in [0.15, 0.2) is 47.5 Å². The summed E-state index contributed by atoms with van der Waals surface area (Å²) in [5.74, 6) is -1.49. The van der Waals surface area contributed by atoms with Gasteiger partial charge in [0.1, 0.15) is 0 Å². The molecule has 2 N–H and O–H groups in total. The van der Waals surface area contributed by atoms with Gasteiger partial charge >= 0.3 is 6.18 Å². The third kappa shape index (κ3) is 6.46. The van der Waals surface area contributed by atoms with Crippen LogP contribution in [0.25, 0.3) is 10.9 Å². The van der Waals surface area contributed by atoms with E-state index in [9.17, 15) is 31.5 Å². The van der Waals surface area contributed by atoms with Crippen LogP contribution in [0.3, 0.4) is 0 Å². The Balaban J connectivity index is 1.48. The van der Waals surface area contributed by atoms with E-state index in [0.29, 0.717) is 37.1 Å². The van der Waals surface area contributed by atoms with Crippen molar-refractivity contribution in [2.75, 3.05) is 12.4 Å². The van der Waals surface area contributed by atoms with E-state index in [2.05, 4.69) is 14.9 Å². The molecule has 0 bridgehead atoms. The van der Waals surface area contributed by atoms with Crippen molar-refractivity contribution < 1.29 is 31.5 Å². The van der Waals surface area contributed by atoms with Crippen LogP contribution >= 0.6 is 0 Å². The van der Waals surface area contributed by atoms with Crippen molar-refractivity contribution >= 4 is 26.6 Å². The number of nitrogens with one attached hydrogen (secondary N) is 1. The van der Waals surface area contributed by atoms with Gasteiger partial charge in [0.2, 0.25) is 0 Å². The molecule has 1 atom stereocenters. The maximum atomic E-state index is 13.1. The number of sulfone groups is 1. The molecule has 7 nitrogen and oxygen atoms in total. The second-order valence-electron chi connectivity index (χ2n) is 10.1. The summed E-state index contributed by atoms with van der Waals surface area (Å²) in [5, 5.41) is 13.5. The first-order valence-electron chi connectivity index (χ1n) is 13.3. The number of rotatable bonds is 9. The summed E-state index contributed by atoms with van der Waals surface area (Å²) in [7, 11) is -3.42. The number of aliphatic hydroxyl groups is 1. The first-order chi connectivity index (χ1) is 18.5. The third-order valence-corrected chi connectivity index (χ3v) is 9.44. The van der Waals surface area contributed by atoms with E-state index in [1.54, 1.807) is 12.1 Å². The summed E-state index contributed by atoms with van der Waals surface area (Å²) < 4.78 is 65.3. The number of fused-ring (bicyclic) bond motifs is 1. The molecule has 3 aromatic rings. The summed E-state index contributed by atoms with van der Waals surface area (Å²) in [5.41, 5.74) is 2.71. The quantitative estimate of drug-likeness (QED) is 0.370. The minimum atomic E-state index is -4.12. The number of nitrogens with zero attached hydrogens (tertiary/aromatic N) is 2. The summed E-state index contributed by atoms with van der Waals surface area (Å²) in [6.07, 6.45) is -0.775. The van der Waals surface area contributed by atoms with Crippen LogP contribution in [0, 0.1) is 11.8 Å². The highest BCUT2D eigenvalue weighted by molar-refractivity contribution is 7.91. The largest absolute Gasteiger partial charge is 0.394 e. The molecule has 1 aliphatic carbocycles. The molecule has 39 heavy (non-hydrogen) atoms. The molecular weight excluding hydrogens is 531 g/mol. The lowest BCUT2D eigenvalue weighted by Gasteiger charge is -2.30. The Morgan fingerprint density at radius 3 is 2.41 bits per heavy atom. The number of pyridine rings is 1. The lowest BCUT2D eigenvalue weighted by atomic mass is 9.79. The van der Waals surface area contributed by atoms with E-state index in [1.165, 1.54) is 25.3 Å². The molecule has 0 aliphatic heterocycles. The number of hydrogen-bond donors (Lipinski definition) is 2. The van der Waals surface area contributed by atoms with Gasteiger partial charge < -0.3 is 15.0 Å². The zero-order chi connectivity index (χ0) is 28.4. The minimum Gasteiger partial charge on any atom is -0.394 e. The molecule has 212 valence electrons. The lowest BCUT2D eigenvalue weighted by Crippen LogP contribution is -2.31. The van der Waals surface area contributed by atoms with E-state index in [0.717, 1.165) is 16.6 Å². The highest BCUT2D eigenvalue weighted by Crippen LogP contribution is 2.40. The number of carbonyl (C=O) groups excluding carboxylic acids is 1. The van der Waals surface area contributed by atoms with Crippen LogP contribution in [0.2, 0.25) is 0 Å². The first kappa shape index (κ1) is 29.1. The van der Waals surface area contributed by atoms with Crippen molar-refractivity contribution in [3.05, 3.63) is 59.5 Å². The number of benzene rings is 1. The summed E-state index contributed by atoms with van der Waals surface area (Å²) in [6.45, 7) is 3.83. The maximum absolute atomic E-state index is 13.1. The van der Waals surface area contributed by atoms with E-state index in [4.69, 9.17) is 0 Å². The van der Waals surface area contributed by atoms with Crippen molar-refractivity contribution in [3.8, 4) is 0 Å². The zero-order valence-corrected chi connectivity index (χ0v) is 22.9. The second kappa shape index (κ2) is 11.7. The van der Waals surface area contributed by atoms with Crippen molar-refractivity contribution in [1.29, 1.82) is 0 Å². The van der Waals surface area contributed by atoms with Gasteiger partial charge in [-0.05, 0) is 81.3 Å². The summed E-state index contributed by atoms with van der Waals surface area (Å²) in [4.78, 5) is 17.3. The molecule has 1 amide bonds. The molecule has 1 aromatic carbocycles. The van der Waals surface area contributed by atoms with E-state index < -0.39 is 40.5 Å². The normalized spacial score (nSPS) is 19.2. The monoisotopic (exact) mass is 565 g/mol. The van der Waals surface area contributed by atoms with Gasteiger partial charge in [-0.3, -0.25) is 9.78 Å². The van der Waals surface area contributed by atoms with Gasteiger partial charge in [-0.2, -0.15) is 13.2 Å². The molecule has 0 radical (unpaired) electrons. The molecule has 1 saturated carbocycles. The molecule has 4 rings (SSSR count). The van der Waals surface area contributed by atoms with Crippen LogP contribution in [-0.4, -0.2) is 47.5 Å². The number of aromatic nitrogens is 2. The van der Waals surface area contributed by atoms with Gasteiger partial charge in [0.15, 0.2) is 9.84 Å². The van der Waals surface area contributed by atoms with Gasteiger partial charge in [0.05, 0.1) is 34.9 Å². The molecule has 0 spiro atoms. The van der Waals surface area contributed by atoms with Crippen LogP contribution < -0.4 is 5.32 Å². The molecule has 1 unspecified atom stereocenters. The highest BCUT2D eigenvalue weighted by Gasteiger charge is 2.41. The van der Waals surface area contributed by atoms with Crippen LogP contribution in [0.4, 0.5) is 13.2 Å². The Morgan fingerprint density at radius 2 is 1.85 bits per heavy atom. The number of aryl methyl sites for hydroxylation is 1. The fraction of sp³-hybridized carbons (Fsp3) is 0.500. The molecule has 2 aromatic heterocycles. The number of aliphatic hydroxyl groups excluding tert-OH is 1. The van der Waals surface area contributed by atoms with Crippen LogP contribution in [0.5, 0.6) is 0 Å². The van der Waals surface area contributed by atoms with Crippen LogP contribution in [0.1, 0.15) is 67.3 Å². The Labute approximate surface area is 226 Å². The highest BCUT2D eigenvalue weighted by atomic mass is 32.2. The predicted octanol–water partition coefficient (Wildman–Crippen LogP) is 5.22. The average Bonchev–Trinajstić information content (AvgIpc) is 3.27. The Bertz CT molecular complexity index is 1410. The predicted molar refractivity (Wildman–Crippen MR) is 142 cm³/mol. The average molecular weight is 566 g/mol. The van der Waals surface area contributed by atoms with Crippen molar-refractivity contribution in [3.63, 3.8) is 0 Å². The molecule has 11 heteroatoms. The first-order valence-corrected chi connectivity index (χ1v) is 14.9. The third-order valence-electron chi connectivity index (χ3n) is 7.72. The smallest absolute Gasteiger partial charge is 0.391 e. The zero-order valence-electron chi connectivity index (χ0n) is 22.0. The Hall–Kier alpha value is -2.92. The van der Waals surface area contributed by atoms with Gasteiger partial charge in [0, 0.05) is 34.9 Å². The van der Waals surface area contributed by atoms with Gasteiger partial charge in [-0.25, -0.2) is 8.42 Å². The Kier molecular flexibility index (Phi) is 8.70. The van der Waals surface area contributed by atoms with Gasteiger partial charge in [-0.1, -0.05) is 6.92 Å². The minimum absolute atomic E-state index is 0.0582. The number of hydrogen-bond acceptors (Lipinski definition) is 5. The van der Waals surface area contributed by atoms with Crippen molar-refractivity contribution in [2.45, 2.75) is 69.6 Å². The molecule has 1 aliphatic rings. The second-order valence-corrected chi connectivity index (χ2v) is 12.4. The van der Waals surface area contributed by atoms with E-state index in [-0.39, 0.29) is 29.4 Å². The van der Waals surface area contributed by atoms with Crippen molar-refractivity contribution in [2.24, 2.45) is 11.8 Å². The maximum Gasteiger partial charge on any atom is 0.391 e. The fourth-order valence-corrected chi connectivity index (χ4v) is 6.23. The molecular formula is C28H34F3N3O4S. The molecule has 2 heterocycles. The lowest BCUT2D eigenvalue weighted by molar-refractivity contribution is -0.183. The summed E-state index contributed by atoms with van der Waals surface area (Å²) >= 11 is 0. The molecule has 1 fully saturated rings. The Morgan fingerprint density at radius 1 is 1.13 bits per heavy atom. The summed E-state index contributed by atoms with van der Waals surface area (Å²) in [6, 6.07) is 9.38. The number of halogens is 3. The SMILES string of the molecule is CCn1c(C[C@H]2CC[C@H](C(F)(F)F)CC2)cc2cc(C(=O)NC(CO)c3ccc(S(=O)(=O)CC)cn3)ccc21. The van der Waals surface area contributed by atoms with Gasteiger partial charge in [0.25, 0.3) is 5.91 Å². The standard InChI is InChI=1S/C28H34F3N3O4S/c1-3-34-22(13-18-5-8-21(9-6-18)28(29,30)31)15-20-14-19(7-12-26(20)34)27(36)33-25(17-35)24-11-10-23(16-32-24)39(37,38)4-2/h7,10-12,14-16,18,21,25,35H,3-6,8-9,13,17H2,1-2H3,(H,33,36)/t18-,21-,25?. The number of alkyl halides is 3.